The Kier molecular flexibility index (Phi) is 27.2. The van der Waals surface area contributed by atoms with Gasteiger partial charge in [-0.25, -0.2) is 13.9 Å². The Morgan fingerprint density at radius 2 is 1.24 bits per heavy atom. The summed E-state index contributed by atoms with van der Waals surface area (Å²) < 4.78 is 40.6. The van der Waals surface area contributed by atoms with E-state index in [9.17, 15) is 14.4 Å². The van der Waals surface area contributed by atoms with Gasteiger partial charge < -0.3 is 54.6 Å². The number of hydrogen-bond donors (Lipinski definition) is 3. The van der Waals surface area contributed by atoms with Gasteiger partial charge in [0.15, 0.2) is 24.7 Å². The van der Waals surface area contributed by atoms with Gasteiger partial charge >= 0.3 is 33.1 Å². The summed E-state index contributed by atoms with van der Waals surface area (Å²) in [6, 6.07) is 38.6. The van der Waals surface area contributed by atoms with Crippen molar-refractivity contribution in [3.05, 3.63) is 196 Å². The molecule has 2 aliphatic heterocycles. The molecular weight excluding hydrogens is 1440 g/mol. The van der Waals surface area contributed by atoms with Crippen molar-refractivity contribution in [1.82, 2.24) is 30.1 Å². The number of carbonyl (C=O) groups is 4. The molecule has 1 spiro atoms. The van der Waals surface area contributed by atoms with Crippen LogP contribution in [-0.2, 0) is 72.7 Å². The van der Waals surface area contributed by atoms with Gasteiger partial charge in [0.25, 0.3) is 11.8 Å². The zero-order valence-corrected chi connectivity index (χ0v) is 61.7. The minimum atomic E-state index is -0.988. The quantitative estimate of drug-likeness (QED) is 0.0142. The number of carbonyl (C=O) groups excluding carboxylic acids is 4. The summed E-state index contributed by atoms with van der Waals surface area (Å²) in [5, 5.41) is 19.3. The van der Waals surface area contributed by atoms with E-state index < -0.39 is 11.4 Å². The van der Waals surface area contributed by atoms with Crippen LogP contribution in [0.5, 0.6) is 11.5 Å². The number of aromatic nitrogens is 6. The Balaban J connectivity index is 0.00000545. The number of benzene rings is 5. The molecule has 0 atom stereocenters. The molecule has 0 saturated carbocycles. The first-order chi connectivity index (χ1) is 49.2. The third kappa shape index (κ3) is 18.5. The summed E-state index contributed by atoms with van der Waals surface area (Å²) in [6.07, 6.45) is 14.9. The number of ketones is 1. The minimum absolute atomic E-state index is 0.0623. The fraction of sp³-hybridized carbons (Fsp3) is 0.403. The van der Waals surface area contributed by atoms with Crippen molar-refractivity contribution in [1.29, 1.82) is 0 Å². The molecule has 11 rings (SSSR count). The number of halogens is 1. The molecule has 3 aromatic heterocycles. The van der Waals surface area contributed by atoms with E-state index in [4.69, 9.17) is 34.2 Å². The Labute approximate surface area is 611 Å². The summed E-state index contributed by atoms with van der Waals surface area (Å²) >= 11 is 5.87. The molecule has 0 unspecified atom stereocenters. The molecule has 1 aliphatic carbocycles. The van der Waals surface area contributed by atoms with Crippen LogP contribution in [0.25, 0.3) is 17.8 Å². The van der Waals surface area contributed by atoms with Gasteiger partial charge in [-0.05, 0) is 112 Å². The van der Waals surface area contributed by atoms with Crippen molar-refractivity contribution in [2.24, 2.45) is 11.1 Å². The maximum atomic E-state index is 15.0. The monoisotopic (exact) mass is 1540 g/mol. The Morgan fingerprint density at radius 3 is 1.83 bits per heavy atom. The number of primary amides is 1. The molecule has 8 aromatic rings. The summed E-state index contributed by atoms with van der Waals surface area (Å²) in [6.45, 7) is 22.5. The molecule has 24 heteroatoms. The fourth-order valence-corrected chi connectivity index (χ4v) is 13.3. The van der Waals surface area contributed by atoms with Crippen molar-refractivity contribution in [2.45, 2.75) is 92.3 Å². The first-order valence-electron chi connectivity index (χ1n) is 34.8. The first-order valence-corrected chi connectivity index (χ1v) is 37.9. The van der Waals surface area contributed by atoms with Gasteiger partial charge in [-0.15, -0.1) is 5.10 Å². The summed E-state index contributed by atoms with van der Waals surface area (Å²) in [7, 11) is 0. The zero-order valence-electron chi connectivity index (χ0n) is 58.6. The molecule has 4 N–H and O–H groups in total. The van der Waals surface area contributed by atoms with E-state index in [2.05, 4.69) is 174 Å². The van der Waals surface area contributed by atoms with Gasteiger partial charge in [0, 0.05) is 134 Å². The molecule has 0 fully saturated rings. The van der Waals surface area contributed by atoms with Crippen LogP contribution in [-0.4, -0.2) is 154 Å². The zero-order chi connectivity index (χ0) is 71.3. The van der Waals surface area contributed by atoms with E-state index >= 15 is 4.79 Å². The molecule has 0 saturated heterocycles. The second-order valence-electron chi connectivity index (χ2n) is 25.7. The van der Waals surface area contributed by atoms with Crippen LogP contribution in [0.15, 0.2) is 140 Å². The summed E-state index contributed by atoms with van der Waals surface area (Å²) in [5.41, 5.74) is 17.0. The van der Waals surface area contributed by atoms with E-state index in [1.54, 1.807) is 48.0 Å². The molecule has 0 bridgehead atoms. The topological polar surface area (TPSA) is 236 Å². The van der Waals surface area contributed by atoms with Gasteiger partial charge in [-0.3, -0.25) is 24.1 Å². The van der Waals surface area contributed by atoms with Crippen molar-refractivity contribution < 1.29 is 64.9 Å². The first kappa shape index (κ1) is 75.3. The van der Waals surface area contributed by atoms with Gasteiger partial charge in [0.1, 0.15) is 23.6 Å². The predicted molar refractivity (Wildman–Crippen MR) is 396 cm³/mol. The van der Waals surface area contributed by atoms with Crippen LogP contribution in [0.2, 0.25) is 0 Å². The average Bonchev–Trinajstić information content (AvgIpc) is 1.53. The van der Waals surface area contributed by atoms with Crippen LogP contribution in [0.1, 0.15) is 131 Å². The number of nitrogens with two attached hydrogens (primary N) is 1. The molecule has 3 amide bonds. The molecule has 5 aromatic carbocycles. The Morgan fingerprint density at radius 1 is 0.673 bits per heavy atom. The van der Waals surface area contributed by atoms with Gasteiger partial charge in [-0.2, -0.15) is 5.10 Å². The number of rotatable bonds is 37. The van der Waals surface area contributed by atoms with Crippen molar-refractivity contribution in [3.8, 4) is 17.2 Å². The van der Waals surface area contributed by atoms with Crippen LogP contribution >= 0.6 is 20.3 Å². The van der Waals surface area contributed by atoms with Gasteiger partial charge in [0.2, 0.25) is 5.91 Å². The van der Waals surface area contributed by atoms with E-state index in [-0.39, 0.29) is 29.6 Å². The average molecular weight is 1540 g/mol. The van der Waals surface area contributed by atoms with E-state index in [0.717, 1.165) is 106 Å². The van der Waals surface area contributed by atoms with Crippen molar-refractivity contribution in [3.63, 3.8) is 0 Å². The SMILES string of the molecule is CCN(CC)c1ccc2c(c1)Oc1cc(N(CC)CC)ccc1C21c2ccccc2C(=O)N1c1ccc(/C=C/c2cc[n+](CCc3cn(CC(=O)NCCCOCCOCCOCCOCCOCCCNc4cc(-n5ncc6c5CC(C)(C)CC6=O)ccc4C(N)=O)nn3)cc2)cc1.[Cu][I]. The van der Waals surface area contributed by atoms with Gasteiger partial charge in [0.05, 0.1) is 93.7 Å². The normalized spacial score (nSPS) is 13.9. The number of hydrogen-bond acceptors (Lipinski definition) is 16. The molecular formula is C77H93CuIN12O10+. The maximum absolute atomic E-state index is 15.0. The number of nitrogens with zero attached hydrogens (tertiary/aromatic N) is 9. The molecule has 22 nitrogen and oxygen atoms in total. The molecule has 538 valence electrons. The van der Waals surface area contributed by atoms with Crippen molar-refractivity contribution in [2.75, 3.05) is 125 Å². The van der Waals surface area contributed by atoms with Crippen LogP contribution < -0.4 is 40.4 Å². The van der Waals surface area contributed by atoms with E-state index in [1.165, 1.54) is 0 Å². The number of fused-ring (bicyclic) bond motifs is 7. The third-order valence-corrected chi connectivity index (χ3v) is 18.4. The second kappa shape index (κ2) is 36.5. The predicted octanol–water partition coefficient (Wildman–Crippen LogP) is 11.1. The number of Topliss-reactive ketones (excluding diaryl/α,β-unsaturated/α-hetero) is 1. The van der Waals surface area contributed by atoms with Crippen molar-refractivity contribution >= 4 is 78.8 Å². The van der Waals surface area contributed by atoms with Crippen LogP contribution in [0.4, 0.5) is 22.7 Å². The Bertz CT molecular complexity index is 4060. The fourth-order valence-electron chi connectivity index (χ4n) is 13.3. The molecule has 3 aliphatic rings. The molecule has 0 radical (unpaired) electrons. The number of aryl methyl sites for hydroxylation is 2. The number of amides is 3. The van der Waals surface area contributed by atoms with Gasteiger partial charge in [-0.1, -0.05) is 73.7 Å². The number of ether oxygens (including phenoxy) is 6. The second-order valence-corrected chi connectivity index (χ2v) is 25.7. The Hall–Kier alpha value is -8.33. The number of nitrogens with one attached hydrogen (secondary N) is 2. The van der Waals surface area contributed by atoms with Crippen LogP contribution in [0.3, 0.4) is 0 Å². The number of anilines is 4. The molecule has 5 heterocycles. The third-order valence-electron chi connectivity index (χ3n) is 18.4. The van der Waals surface area contributed by atoms with E-state index in [1.807, 2.05) is 59.9 Å². The van der Waals surface area contributed by atoms with Crippen LogP contribution in [0, 0.1) is 5.41 Å². The summed E-state index contributed by atoms with van der Waals surface area (Å²) in [5.74, 6) is 0.823. The van der Waals surface area contributed by atoms with E-state index in [0.29, 0.717) is 134 Å². The molecule has 101 heavy (non-hydrogen) atoms. The standard InChI is InChI=1S/C77H92N12O10.Cu.HI/c1-7-85(8-2)59-24-27-66-71(48-59)99-72-49-60(86(9-3)10-4)25-28-67(72)77(66)65-16-12-11-15-62(65)75(93)88(77)58-21-19-55(20-22-58)17-18-56-29-34-84(35-30-56)36-31-57-53-87(83-82-57)54-73(91)80-33-14-38-95-40-42-97-44-46-98-45-43-96-41-39-94-37-13-32-79-68-47-61(23-26-63(68)74(78)92)89-69-50-76(5,6)51-70(90)64(69)52-81-89;;/h11-12,15-30,34-35,47-49,52-53H,7-10,13-14,31-33,36-46,50-51,54H2,1-6H3,(H3-,78,79,80,91,92);;1H/q;+1;. The summed E-state index contributed by atoms with van der Waals surface area (Å²) in [4.78, 5) is 59.3. The number of pyridine rings is 1.